The molecule has 0 aliphatic rings. The van der Waals surface area contributed by atoms with E-state index in [2.05, 4.69) is 5.32 Å². The van der Waals surface area contributed by atoms with Crippen molar-refractivity contribution in [1.29, 1.82) is 0 Å². The maximum atomic E-state index is 12.7. The fourth-order valence-corrected chi connectivity index (χ4v) is 2.08. The smallest absolute Gasteiger partial charge is 0.389 e. The van der Waals surface area contributed by atoms with E-state index >= 15 is 0 Å². The molecule has 0 aromatic heterocycles. The third-order valence-electron chi connectivity index (χ3n) is 2.68. The predicted molar refractivity (Wildman–Crippen MR) is 82.1 cm³/mol. The molecule has 0 aliphatic heterocycles. The largest absolute Gasteiger partial charge is 0.416 e. The van der Waals surface area contributed by atoms with Crippen molar-refractivity contribution in [3.8, 4) is 0 Å². The fraction of sp³-hybridized carbons (Fsp3) is 0.0714. The van der Waals surface area contributed by atoms with Gasteiger partial charge in [0.05, 0.1) is 5.56 Å². The summed E-state index contributed by atoms with van der Waals surface area (Å²) in [5, 5.41) is 2.86. The van der Waals surface area contributed by atoms with Gasteiger partial charge in [-0.1, -0.05) is 23.8 Å². The molecule has 2 aromatic carbocycles. The van der Waals surface area contributed by atoms with Crippen LogP contribution in [-0.4, -0.2) is 4.99 Å². The lowest BCUT2D eigenvalue weighted by molar-refractivity contribution is -0.137. The van der Waals surface area contributed by atoms with E-state index < -0.39 is 11.7 Å². The number of nitrogens with two attached hydrogens (primary N) is 1. The Labute approximate surface area is 129 Å². The fourth-order valence-electron chi connectivity index (χ4n) is 1.71. The van der Waals surface area contributed by atoms with E-state index in [4.69, 9.17) is 29.6 Å². The highest BCUT2D eigenvalue weighted by atomic mass is 35.5. The number of hydrogen-bond donors (Lipinski definition) is 2. The number of rotatable bonds is 3. The lowest BCUT2D eigenvalue weighted by Crippen LogP contribution is -2.09. The quantitative estimate of drug-likeness (QED) is 0.798. The molecule has 0 fully saturated rings. The van der Waals surface area contributed by atoms with Crippen molar-refractivity contribution in [2.75, 3.05) is 5.32 Å². The lowest BCUT2D eigenvalue weighted by atomic mass is 10.1. The SMILES string of the molecule is NC(=S)c1ccc(Nc2cc(Cl)cc(C(F)(F)F)c2)cc1. The van der Waals surface area contributed by atoms with E-state index in [1.165, 1.54) is 6.07 Å². The summed E-state index contributed by atoms with van der Waals surface area (Å²) in [6, 6.07) is 9.99. The predicted octanol–water partition coefficient (Wildman–Crippen LogP) is 4.74. The van der Waals surface area contributed by atoms with Gasteiger partial charge in [-0.15, -0.1) is 0 Å². The van der Waals surface area contributed by atoms with E-state index in [1.807, 2.05) is 0 Å². The zero-order valence-electron chi connectivity index (χ0n) is 10.5. The molecule has 21 heavy (non-hydrogen) atoms. The molecule has 0 saturated carbocycles. The normalized spacial score (nSPS) is 11.2. The molecule has 0 unspecified atom stereocenters. The Morgan fingerprint density at radius 1 is 1.05 bits per heavy atom. The zero-order chi connectivity index (χ0) is 15.6. The van der Waals surface area contributed by atoms with Gasteiger partial charge in [-0.25, -0.2) is 0 Å². The Hall–Kier alpha value is -1.79. The molecule has 2 aromatic rings. The second-order valence-corrected chi connectivity index (χ2v) is 5.17. The van der Waals surface area contributed by atoms with Crippen LogP contribution < -0.4 is 11.1 Å². The van der Waals surface area contributed by atoms with Gasteiger partial charge in [0.25, 0.3) is 0 Å². The zero-order valence-corrected chi connectivity index (χ0v) is 12.1. The van der Waals surface area contributed by atoms with E-state index in [9.17, 15) is 13.2 Å². The molecule has 0 radical (unpaired) electrons. The van der Waals surface area contributed by atoms with Gasteiger partial charge in [0.1, 0.15) is 4.99 Å². The number of hydrogen-bond acceptors (Lipinski definition) is 2. The third-order valence-corrected chi connectivity index (χ3v) is 3.14. The minimum absolute atomic E-state index is 0.00656. The molecule has 110 valence electrons. The molecule has 0 amide bonds. The molecule has 0 saturated heterocycles. The van der Waals surface area contributed by atoms with Crippen LogP contribution in [0.3, 0.4) is 0 Å². The summed E-state index contributed by atoms with van der Waals surface area (Å²) < 4.78 is 38.1. The summed E-state index contributed by atoms with van der Waals surface area (Å²) in [5.41, 5.74) is 6.19. The van der Waals surface area contributed by atoms with Crippen LogP contribution in [0.25, 0.3) is 0 Å². The molecule has 0 spiro atoms. The minimum Gasteiger partial charge on any atom is -0.389 e. The van der Waals surface area contributed by atoms with Gasteiger partial charge in [0.15, 0.2) is 0 Å². The van der Waals surface area contributed by atoms with Crippen molar-refractivity contribution in [2.45, 2.75) is 6.18 Å². The first-order valence-corrected chi connectivity index (χ1v) is 6.59. The van der Waals surface area contributed by atoms with Gasteiger partial charge >= 0.3 is 6.18 Å². The highest BCUT2D eigenvalue weighted by Gasteiger charge is 2.31. The molecular formula is C14H10ClF3N2S. The Morgan fingerprint density at radius 2 is 1.67 bits per heavy atom. The van der Waals surface area contributed by atoms with E-state index in [-0.39, 0.29) is 15.7 Å². The molecule has 0 atom stereocenters. The van der Waals surface area contributed by atoms with Crippen molar-refractivity contribution in [2.24, 2.45) is 5.73 Å². The minimum atomic E-state index is -4.45. The van der Waals surface area contributed by atoms with E-state index in [1.54, 1.807) is 24.3 Å². The molecule has 3 N–H and O–H groups in total. The number of anilines is 2. The average molecular weight is 331 g/mol. The summed E-state index contributed by atoms with van der Waals surface area (Å²) in [6.07, 6.45) is -4.45. The van der Waals surface area contributed by atoms with Crippen LogP contribution in [-0.2, 0) is 6.18 Å². The summed E-state index contributed by atoms with van der Waals surface area (Å²) in [4.78, 5) is 0.253. The van der Waals surface area contributed by atoms with Crippen LogP contribution >= 0.6 is 23.8 Å². The van der Waals surface area contributed by atoms with Crippen LogP contribution in [0.2, 0.25) is 5.02 Å². The van der Waals surface area contributed by atoms with Crippen LogP contribution in [0.15, 0.2) is 42.5 Å². The van der Waals surface area contributed by atoms with Crippen molar-refractivity contribution in [1.82, 2.24) is 0 Å². The number of halogens is 4. The Kier molecular flexibility index (Phi) is 4.39. The second kappa shape index (κ2) is 5.91. The summed E-state index contributed by atoms with van der Waals surface area (Å²) in [6.45, 7) is 0. The molecule has 2 nitrogen and oxygen atoms in total. The number of alkyl halides is 3. The first kappa shape index (κ1) is 15.6. The van der Waals surface area contributed by atoms with Crippen molar-refractivity contribution >= 4 is 40.2 Å². The highest BCUT2D eigenvalue weighted by Crippen LogP contribution is 2.34. The van der Waals surface area contributed by atoms with Gasteiger partial charge < -0.3 is 11.1 Å². The molecule has 2 rings (SSSR count). The van der Waals surface area contributed by atoms with Gasteiger partial charge in [-0.05, 0) is 42.5 Å². The second-order valence-electron chi connectivity index (χ2n) is 4.29. The molecule has 0 bridgehead atoms. The molecule has 0 heterocycles. The van der Waals surface area contributed by atoms with Gasteiger partial charge in [0, 0.05) is 22.0 Å². The number of thiocarbonyl (C=S) groups is 1. The molecule has 0 aliphatic carbocycles. The lowest BCUT2D eigenvalue weighted by Gasteiger charge is -2.12. The van der Waals surface area contributed by atoms with Crippen molar-refractivity contribution in [3.63, 3.8) is 0 Å². The van der Waals surface area contributed by atoms with Crippen LogP contribution in [0.4, 0.5) is 24.5 Å². The van der Waals surface area contributed by atoms with Crippen molar-refractivity contribution < 1.29 is 13.2 Å². The maximum Gasteiger partial charge on any atom is 0.416 e. The summed E-state index contributed by atoms with van der Waals surface area (Å²) >= 11 is 10.5. The van der Waals surface area contributed by atoms with Crippen molar-refractivity contribution in [3.05, 3.63) is 58.6 Å². The monoisotopic (exact) mass is 330 g/mol. The van der Waals surface area contributed by atoms with Gasteiger partial charge in [-0.3, -0.25) is 0 Å². The van der Waals surface area contributed by atoms with Gasteiger partial charge in [-0.2, -0.15) is 13.2 Å². The first-order chi connectivity index (χ1) is 9.75. The maximum absolute atomic E-state index is 12.7. The summed E-state index contributed by atoms with van der Waals surface area (Å²) in [7, 11) is 0. The van der Waals surface area contributed by atoms with Crippen LogP contribution in [0.1, 0.15) is 11.1 Å². The average Bonchev–Trinajstić information content (AvgIpc) is 2.37. The third kappa shape index (κ3) is 4.09. The number of nitrogens with one attached hydrogen (secondary N) is 1. The van der Waals surface area contributed by atoms with E-state index in [0.29, 0.717) is 11.3 Å². The number of benzene rings is 2. The Morgan fingerprint density at radius 3 is 2.19 bits per heavy atom. The van der Waals surface area contributed by atoms with Crippen LogP contribution in [0.5, 0.6) is 0 Å². The Bertz CT molecular complexity index is 669. The standard InChI is InChI=1S/C14H10ClF3N2S/c15-10-5-9(14(16,17)18)6-12(7-10)20-11-3-1-8(2-4-11)13(19)21/h1-7,20H,(H2,19,21). The highest BCUT2D eigenvalue weighted by molar-refractivity contribution is 7.80. The van der Waals surface area contributed by atoms with Crippen LogP contribution in [0, 0.1) is 0 Å². The van der Waals surface area contributed by atoms with Gasteiger partial charge in [0.2, 0.25) is 0 Å². The molecule has 7 heteroatoms. The van der Waals surface area contributed by atoms with E-state index in [0.717, 1.165) is 12.1 Å². The Balaban J connectivity index is 2.27. The first-order valence-electron chi connectivity index (χ1n) is 5.80. The topological polar surface area (TPSA) is 38.0 Å². The molecular weight excluding hydrogens is 321 g/mol. The summed E-state index contributed by atoms with van der Waals surface area (Å²) in [5.74, 6) is 0.